The molecular weight excluding hydrogens is 222 g/mol. The lowest BCUT2D eigenvalue weighted by molar-refractivity contribution is 0.646. The quantitative estimate of drug-likeness (QED) is 0.791. The molecule has 1 aliphatic carbocycles. The van der Waals surface area contributed by atoms with E-state index in [0.717, 1.165) is 31.1 Å². The fourth-order valence-electron chi connectivity index (χ4n) is 2.40. The fourth-order valence-corrected chi connectivity index (χ4v) is 2.40. The number of fused-ring (bicyclic) bond motifs is 1. The summed E-state index contributed by atoms with van der Waals surface area (Å²) in [6, 6.07) is 7.51. The molecule has 3 heteroatoms. The molecule has 0 aliphatic heterocycles. The van der Waals surface area contributed by atoms with Crippen molar-refractivity contribution in [3.63, 3.8) is 0 Å². The third kappa shape index (κ3) is 2.56. The molecule has 2 aromatic rings. The maximum Gasteiger partial charge on any atom is 0.0958 e. The summed E-state index contributed by atoms with van der Waals surface area (Å²) >= 11 is 0. The van der Waals surface area contributed by atoms with E-state index in [0.29, 0.717) is 0 Å². The lowest BCUT2D eigenvalue weighted by Crippen LogP contribution is -2.17. The van der Waals surface area contributed by atoms with E-state index in [2.05, 4.69) is 40.0 Å². The number of hydrogen-bond acceptors (Lipinski definition) is 2. The molecule has 0 amide bonds. The normalized spacial score (nSPS) is 15.4. The summed E-state index contributed by atoms with van der Waals surface area (Å²) in [5, 5.41) is 3.56. The number of hydrogen-bond donors (Lipinski definition) is 1. The molecular formula is C15H21N3. The number of aromatic nitrogens is 2. The Labute approximate surface area is 108 Å². The van der Waals surface area contributed by atoms with Gasteiger partial charge < -0.3 is 9.88 Å². The van der Waals surface area contributed by atoms with E-state index < -0.39 is 0 Å². The number of imidazole rings is 1. The van der Waals surface area contributed by atoms with Crippen molar-refractivity contribution in [2.75, 3.05) is 6.54 Å². The van der Waals surface area contributed by atoms with Gasteiger partial charge in [-0.2, -0.15) is 0 Å². The van der Waals surface area contributed by atoms with E-state index in [1.165, 1.54) is 30.3 Å². The number of aryl methyl sites for hydroxylation is 2. The largest absolute Gasteiger partial charge is 0.331 e. The van der Waals surface area contributed by atoms with Gasteiger partial charge in [-0.25, -0.2) is 4.98 Å². The van der Waals surface area contributed by atoms with Crippen LogP contribution in [0.15, 0.2) is 24.5 Å². The second-order valence-corrected chi connectivity index (χ2v) is 5.19. The van der Waals surface area contributed by atoms with Gasteiger partial charge in [0.2, 0.25) is 0 Å². The van der Waals surface area contributed by atoms with Crippen LogP contribution in [0.2, 0.25) is 0 Å². The summed E-state index contributed by atoms with van der Waals surface area (Å²) in [7, 11) is 0. The molecule has 0 unspecified atom stereocenters. The average molecular weight is 243 g/mol. The SMILES string of the molecule is CCn1cnc2cc(CCCNC3CC3)ccc21. The highest BCUT2D eigenvalue weighted by Gasteiger charge is 2.19. The van der Waals surface area contributed by atoms with E-state index in [1.54, 1.807) is 0 Å². The van der Waals surface area contributed by atoms with Crippen LogP contribution in [0.1, 0.15) is 31.7 Å². The minimum Gasteiger partial charge on any atom is -0.331 e. The summed E-state index contributed by atoms with van der Waals surface area (Å²) in [5.74, 6) is 0. The lowest BCUT2D eigenvalue weighted by atomic mass is 10.1. The number of nitrogens with one attached hydrogen (secondary N) is 1. The molecule has 1 N–H and O–H groups in total. The predicted octanol–water partition coefficient (Wildman–Crippen LogP) is 2.74. The molecule has 18 heavy (non-hydrogen) atoms. The van der Waals surface area contributed by atoms with Crippen molar-refractivity contribution in [1.29, 1.82) is 0 Å². The molecule has 96 valence electrons. The third-order valence-corrected chi connectivity index (χ3v) is 3.68. The highest BCUT2D eigenvalue weighted by molar-refractivity contribution is 5.76. The second kappa shape index (κ2) is 5.11. The van der Waals surface area contributed by atoms with Gasteiger partial charge >= 0.3 is 0 Å². The molecule has 3 nitrogen and oxygen atoms in total. The smallest absolute Gasteiger partial charge is 0.0958 e. The van der Waals surface area contributed by atoms with Gasteiger partial charge in [0.1, 0.15) is 0 Å². The number of nitrogens with zero attached hydrogens (tertiary/aromatic N) is 2. The van der Waals surface area contributed by atoms with Crippen LogP contribution in [-0.4, -0.2) is 22.1 Å². The van der Waals surface area contributed by atoms with E-state index in [1.807, 2.05) is 6.33 Å². The van der Waals surface area contributed by atoms with Crippen LogP contribution in [0.25, 0.3) is 11.0 Å². The lowest BCUT2D eigenvalue weighted by Gasteiger charge is -2.04. The van der Waals surface area contributed by atoms with Crippen molar-refractivity contribution in [2.24, 2.45) is 0 Å². The van der Waals surface area contributed by atoms with Crippen LogP contribution in [0.4, 0.5) is 0 Å². The van der Waals surface area contributed by atoms with Crippen molar-refractivity contribution >= 4 is 11.0 Å². The van der Waals surface area contributed by atoms with Crippen molar-refractivity contribution in [1.82, 2.24) is 14.9 Å². The van der Waals surface area contributed by atoms with Crippen LogP contribution >= 0.6 is 0 Å². The van der Waals surface area contributed by atoms with Gasteiger partial charge in [-0.3, -0.25) is 0 Å². The van der Waals surface area contributed by atoms with Crippen LogP contribution in [0.5, 0.6) is 0 Å². The Kier molecular flexibility index (Phi) is 3.33. The van der Waals surface area contributed by atoms with Gasteiger partial charge in [0.05, 0.1) is 17.4 Å². The molecule has 0 bridgehead atoms. The minimum atomic E-state index is 0.827. The van der Waals surface area contributed by atoms with Crippen molar-refractivity contribution in [3.05, 3.63) is 30.1 Å². The summed E-state index contributed by atoms with van der Waals surface area (Å²) in [6.07, 6.45) is 7.05. The van der Waals surface area contributed by atoms with E-state index >= 15 is 0 Å². The molecule has 1 aliphatic rings. The number of benzene rings is 1. The first-order valence-electron chi connectivity index (χ1n) is 7.04. The van der Waals surface area contributed by atoms with Crippen LogP contribution < -0.4 is 5.32 Å². The maximum atomic E-state index is 4.46. The van der Waals surface area contributed by atoms with Gasteiger partial charge in [0.15, 0.2) is 0 Å². The van der Waals surface area contributed by atoms with Gasteiger partial charge in [0, 0.05) is 12.6 Å². The zero-order chi connectivity index (χ0) is 12.4. The van der Waals surface area contributed by atoms with Gasteiger partial charge in [-0.1, -0.05) is 6.07 Å². The molecule has 1 aromatic heterocycles. The topological polar surface area (TPSA) is 29.9 Å². The maximum absolute atomic E-state index is 4.46. The fraction of sp³-hybridized carbons (Fsp3) is 0.533. The van der Waals surface area contributed by atoms with E-state index in [9.17, 15) is 0 Å². The van der Waals surface area contributed by atoms with Crippen molar-refractivity contribution < 1.29 is 0 Å². The highest BCUT2D eigenvalue weighted by Crippen LogP contribution is 2.19. The summed E-state index contributed by atoms with van der Waals surface area (Å²) in [6.45, 7) is 4.28. The van der Waals surface area contributed by atoms with Gasteiger partial charge in [0.25, 0.3) is 0 Å². The predicted molar refractivity (Wildman–Crippen MR) is 74.8 cm³/mol. The van der Waals surface area contributed by atoms with Gasteiger partial charge in [-0.05, 0) is 56.8 Å². The molecule has 0 spiro atoms. The Morgan fingerprint density at radius 3 is 3.06 bits per heavy atom. The van der Waals surface area contributed by atoms with Crippen LogP contribution in [0.3, 0.4) is 0 Å². The van der Waals surface area contributed by atoms with Gasteiger partial charge in [-0.15, -0.1) is 0 Å². The molecule has 0 atom stereocenters. The Bertz CT molecular complexity index is 526. The first-order chi connectivity index (χ1) is 8.86. The standard InChI is InChI=1S/C15H21N3/c1-2-18-11-17-14-10-12(5-8-15(14)18)4-3-9-16-13-6-7-13/h5,8,10-11,13,16H,2-4,6-7,9H2,1H3. The molecule has 1 fully saturated rings. The first-order valence-corrected chi connectivity index (χ1v) is 7.04. The zero-order valence-electron chi connectivity index (χ0n) is 11.0. The summed E-state index contributed by atoms with van der Waals surface area (Å²) in [5.41, 5.74) is 3.78. The average Bonchev–Trinajstić information content (AvgIpc) is 3.13. The van der Waals surface area contributed by atoms with Crippen LogP contribution in [0, 0.1) is 0 Å². The Morgan fingerprint density at radius 2 is 2.28 bits per heavy atom. The van der Waals surface area contributed by atoms with E-state index in [-0.39, 0.29) is 0 Å². The second-order valence-electron chi connectivity index (χ2n) is 5.19. The molecule has 1 heterocycles. The molecule has 0 radical (unpaired) electrons. The number of rotatable bonds is 6. The van der Waals surface area contributed by atoms with Crippen molar-refractivity contribution in [2.45, 2.75) is 45.2 Å². The van der Waals surface area contributed by atoms with Crippen molar-refractivity contribution in [3.8, 4) is 0 Å². The molecule has 3 rings (SSSR count). The third-order valence-electron chi connectivity index (χ3n) is 3.68. The molecule has 1 saturated carbocycles. The summed E-state index contributed by atoms with van der Waals surface area (Å²) in [4.78, 5) is 4.46. The zero-order valence-corrected chi connectivity index (χ0v) is 11.0. The molecule has 0 saturated heterocycles. The monoisotopic (exact) mass is 243 g/mol. The van der Waals surface area contributed by atoms with Crippen LogP contribution in [-0.2, 0) is 13.0 Å². The molecule has 1 aromatic carbocycles. The van der Waals surface area contributed by atoms with E-state index in [4.69, 9.17) is 0 Å². The Hall–Kier alpha value is -1.35. The Balaban J connectivity index is 1.61. The highest BCUT2D eigenvalue weighted by atomic mass is 15.0. The Morgan fingerprint density at radius 1 is 1.39 bits per heavy atom. The minimum absolute atomic E-state index is 0.827. The first kappa shape index (κ1) is 11.7. The summed E-state index contributed by atoms with van der Waals surface area (Å²) < 4.78 is 2.19.